The molecule has 158 valence electrons. The fourth-order valence-electron chi connectivity index (χ4n) is 3.46. The summed E-state index contributed by atoms with van der Waals surface area (Å²) in [5.41, 5.74) is 5.17. The van der Waals surface area contributed by atoms with Crippen LogP contribution in [0.15, 0.2) is 97.1 Å². The molecule has 0 aliphatic rings. The second-order valence-corrected chi connectivity index (χ2v) is 8.47. The molecule has 5 rings (SSSR count). The van der Waals surface area contributed by atoms with Crippen molar-refractivity contribution in [1.82, 2.24) is 4.98 Å². The van der Waals surface area contributed by atoms with Crippen LogP contribution in [0.5, 0.6) is 5.75 Å². The van der Waals surface area contributed by atoms with Gasteiger partial charge in [-0.1, -0.05) is 42.5 Å². The number of fused-ring (bicyclic) bond motifs is 1. The van der Waals surface area contributed by atoms with Crippen LogP contribution in [-0.2, 0) is 13.2 Å². The summed E-state index contributed by atoms with van der Waals surface area (Å²) in [5.74, 6) is 0.572. The summed E-state index contributed by atoms with van der Waals surface area (Å²) >= 11 is 1.70. The van der Waals surface area contributed by atoms with Crippen LogP contribution < -0.4 is 10.1 Å². The molecule has 0 aliphatic carbocycles. The highest BCUT2D eigenvalue weighted by Gasteiger charge is 2.07. The topological polar surface area (TPSA) is 34.1 Å². The zero-order valence-electron chi connectivity index (χ0n) is 17.3. The first-order chi connectivity index (χ1) is 15.7. The highest BCUT2D eigenvalue weighted by Crippen LogP contribution is 2.30. The molecule has 3 nitrogen and oxygen atoms in total. The van der Waals surface area contributed by atoms with Crippen LogP contribution >= 0.6 is 11.3 Å². The molecular formula is C27H21FN2OS. The van der Waals surface area contributed by atoms with Crippen molar-refractivity contribution in [2.24, 2.45) is 0 Å². The van der Waals surface area contributed by atoms with Crippen LogP contribution in [0.2, 0.25) is 0 Å². The van der Waals surface area contributed by atoms with Crippen LogP contribution in [0.1, 0.15) is 11.1 Å². The average Bonchev–Trinajstić information content (AvgIpc) is 3.28. The molecular weight excluding hydrogens is 419 g/mol. The van der Waals surface area contributed by atoms with Crippen molar-refractivity contribution in [3.05, 3.63) is 114 Å². The first-order valence-corrected chi connectivity index (χ1v) is 11.2. The molecule has 1 N–H and O–H groups in total. The maximum absolute atomic E-state index is 13.1. The van der Waals surface area contributed by atoms with Crippen LogP contribution in [0.4, 0.5) is 10.1 Å². The van der Waals surface area contributed by atoms with Crippen LogP contribution in [0.3, 0.4) is 0 Å². The molecule has 0 amide bonds. The Balaban J connectivity index is 1.24. The second-order valence-electron chi connectivity index (χ2n) is 7.44. The Labute approximate surface area is 190 Å². The van der Waals surface area contributed by atoms with E-state index < -0.39 is 0 Å². The summed E-state index contributed by atoms with van der Waals surface area (Å²) < 4.78 is 20.3. The Hall–Kier alpha value is -3.70. The summed E-state index contributed by atoms with van der Waals surface area (Å²) in [6.07, 6.45) is 0. The molecule has 32 heavy (non-hydrogen) atoms. The minimum atomic E-state index is -0.243. The minimum Gasteiger partial charge on any atom is -0.489 e. The maximum Gasteiger partial charge on any atom is 0.124 e. The number of rotatable bonds is 7. The van der Waals surface area contributed by atoms with E-state index in [2.05, 4.69) is 35.6 Å². The van der Waals surface area contributed by atoms with Gasteiger partial charge in [-0.05, 0) is 60.2 Å². The predicted octanol–water partition coefficient (Wildman–Crippen LogP) is 7.29. The normalized spacial score (nSPS) is 10.9. The molecule has 1 heterocycles. The largest absolute Gasteiger partial charge is 0.489 e. The highest BCUT2D eigenvalue weighted by atomic mass is 32.1. The smallest absolute Gasteiger partial charge is 0.124 e. The summed E-state index contributed by atoms with van der Waals surface area (Å²) in [5, 5.41) is 4.49. The lowest BCUT2D eigenvalue weighted by atomic mass is 10.1. The van der Waals surface area contributed by atoms with E-state index in [4.69, 9.17) is 9.72 Å². The maximum atomic E-state index is 13.1. The van der Waals surface area contributed by atoms with Gasteiger partial charge in [0.1, 0.15) is 23.2 Å². The number of benzene rings is 4. The molecule has 5 heteroatoms. The molecule has 0 fully saturated rings. The third-order valence-electron chi connectivity index (χ3n) is 5.19. The average molecular weight is 441 g/mol. The van der Waals surface area contributed by atoms with Gasteiger partial charge in [0.15, 0.2) is 0 Å². The van der Waals surface area contributed by atoms with Gasteiger partial charge in [0.25, 0.3) is 0 Å². The number of hydrogen-bond acceptors (Lipinski definition) is 4. The third-order valence-corrected chi connectivity index (χ3v) is 6.27. The van der Waals surface area contributed by atoms with Crippen LogP contribution in [0.25, 0.3) is 20.8 Å². The Bertz CT molecular complexity index is 1300. The minimum absolute atomic E-state index is 0.243. The molecule has 5 aromatic rings. The summed E-state index contributed by atoms with van der Waals surface area (Å²) in [4.78, 5) is 4.73. The lowest BCUT2D eigenvalue weighted by molar-refractivity contribution is 0.303. The Kier molecular flexibility index (Phi) is 5.81. The number of nitrogens with zero attached hydrogens (tertiary/aromatic N) is 1. The van der Waals surface area contributed by atoms with Crippen molar-refractivity contribution in [1.29, 1.82) is 0 Å². The van der Waals surface area contributed by atoms with Gasteiger partial charge >= 0.3 is 0 Å². The van der Waals surface area contributed by atoms with E-state index in [9.17, 15) is 4.39 Å². The molecule has 0 unspecified atom stereocenters. The molecule has 0 saturated heterocycles. The molecule has 0 aliphatic heterocycles. The number of nitrogens with one attached hydrogen (secondary N) is 1. The Morgan fingerprint density at radius 3 is 2.38 bits per heavy atom. The fraction of sp³-hybridized carbons (Fsp3) is 0.0741. The van der Waals surface area contributed by atoms with Crippen molar-refractivity contribution < 1.29 is 9.13 Å². The standard InChI is InChI=1S/C27H21FN2OS/c28-22-13-9-19(10-14-22)18-31-25-7-3-1-5-21(25)17-29-23-15-11-20(12-16-23)27-30-24-6-2-4-8-26(24)32-27/h1-16,29H,17-18H2. The van der Waals surface area contributed by atoms with Gasteiger partial charge in [0, 0.05) is 23.4 Å². The van der Waals surface area contributed by atoms with E-state index in [0.717, 1.165) is 38.7 Å². The van der Waals surface area contributed by atoms with Crippen LogP contribution in [-0.4, -0.2) is 4.98 Å². The third kappa shape index (κ3) is 4.63. The fourth-order valence-corrected chi connectivity index (χ4v) is 4.43. The summed E-state index contributed by atoms with van der Waals surface area (Å²) in [6, 6.07) is 30.9. The number of anilines is 1. The zero-order chi connectivity index (χ0) is 21.8. The number of aromatic nitrogens is 1. The van der Waals surface area contributed by atoms with Crippen molar-refractivity contribution in [2.75, 3.05) is 5.32 Å². The summed E-state index contributed by atoms with van der Waals surface area (Å²) in [7, 11) is 0. The SMILES string of the molecule is Fc1ccc(COc2ccccc2CNc2ccc(-c3nc4ccccc4s3)cc2)cc1. The van der Waals surface area contributed by atoms with Crippen molar-refractivity contribution in [2.45, 2.75) is 13.2 Å². The Morgan fingerprint density at radius 1 is 0.812 bits per heavy atom. The summed E-state index contributed by atoms with van der Waals surface area (Å²) in [6.45, 7) is 1.04. The van der Waals surface area contributed by atoms with E-state index in [1.807, 2.05) is 42.5 Å². The highest BCUT2D eigenvalue weighted by molar-refractivity contribution is 7.21. The van der Waals surface area contributed by atoms with E-state index in [0.29, 0.717) is 13.2 Å². The first kappa shape index (κ1) is 20.2. The van der Waals surface area contributed by atoms with E-state index in [1.165, 1.54) is 16.8 Å². The number of ether oxygens (including phenoxy) is 1. The monoisotopic (exact) mass is 440 g/mol. The van der Waals surface area contributed by atoms with Gasteiger partial charge in [-0.2, -0.15) is 0 Å². The lowest BCUT2D eigenvalue weighted by Crippen LogP contribution is -2.03. The zero-order valence-corrected chi connectivity index (χ0v) is 18.1. The van der Waals surface area contributed by atoms with Gasteiger partial charge in [-0.3, -0.25) is 0 Å². The Morgan fingerprint density at radius 2 is 1.56 bits per heavy atom. The van der Waals surface area contributed by atoms with E-state index in [1.54, 1.807) is 23.5 Å². The van der Waals surface area contributed by atoms with E-state index >= 15 is 0 Å². The van der Waals surface area contributed by atoms with Crippen molar-refractivity contribution >= 4 is 27.2 Å². The second kappa shape index (κ2) is 9.20. The van der Waals surface area contributed by atoms with Gasteiger partial charge in [0.2, 0.25) is 0 Å². The number of halogens is 1. The molecule has 0 spiro atoms. The first-order valence-electron chi connectivity index (χ1n) is 10.4. The molecule has 4 aromatic carbocycles. The molecule has 0 radical (unpaired) electrons. The van der Waals surface area contributed by atoms with Gasteiger partial charge in [-0.15, -0.1) is 11.3 Å². The van der Waals surface area contributed by atoms with E-state index in [-0.39, 0.29) is 5.82 Å². The predicted molar refractivity (Wildman–Crippen MR) is 130 cm³/mol. The van der Waals surface area contributed by atoms with Crippen molar-refractivity contribution in [3.8, 4) is 16.3 Å². The number of hydrogen-bond donors (Lipinski definition) is 1. The molecule has 0 atom stereocenters. The number of thiazole rings is 1. The quantitative estimate of drug-likeness (QED) is 0.288. The van der Waals surface area contributed by atoms with Gasteiger partial charge in [-0.25, -0.2) is 9.37 Å². The van der Waals surface area contributed by atoms with Gasteiger partial charge in [0.05, 0.1) is 10.2 Å². The molecule has 0 bridgehead atoms. The molecule has 0 saturated carbocycles. The van der Waals surface area contributed by atoms with Gasteiger partial charge < -0.3 is 10.1 Å². The lowest BCUT2D eigenvalue weighted by Gasteiger charge is -2.13. The number of para-hydroxylation sites is 2. The molecule has 1 aromatic heterocycles. The van der Waals surface area contributed by atoms with Crippen LogP contribution in [0, 0.1) is 5.82 Å². The van der Waals surface area contributed by atoms with Crippen molar-refractivity contribution in [3.63, 3.8) is 0 Å².